The first-order valence-corrected chi connectivity index (χ1v) is 13.5. The number of nitrogens with one attached hydrogen (secondary N) is 2. The number of carbonyl (C=O) groups excluding carboxylic acids is 2. The van der Waals surface area contributed by atoms with Crippen molar-refractivity contribution in [3.63, 3.8) is 0 Å². The van der Waals surface area contributed by atoms with Crippen molar-refractivity contribution in [2.75, 3.05) is 63.4 Å². The molecule has 0 bridgehead atoms. The van der Waals surface area contributed by atoms with Crippen molar-refractivity contribution >= 4 is 34.0 Å². The number of thiazole rings is 1. The number of anilines is 2. The second-order valence-electron chi connectivity index (χ2n) is 10.0. The lowest BCUT2D eigenvalue weighted by molar-refractivity contribution is -0.0552. The summed E-state index contributed by atoms with van der Waals surface area (Å²) in [6, 6.07) is 5.47. The van der Waals surface area contributed by atoms with Crippen molar-refractivity contribution in [2.45, 2.75) is 44.9 Å². The summed E-state index contributed by atoms with van der Waals surface area (Å²) in [6.07, 6.45) is 1.32. The van der Waals surface area contributed by atoms with Gasteiger partial charge in [-0.25, -0.2) is 4.98 Å². The van der Waals surface area contributed by atoms with E-state index in [0.29, 0.717) is 36.7 Å². The summed E-state index contributed by atoms with van der Waals surface area (Å²) in [4.78, 5) is 35.0. The first kappa shape index (κ1) is 27.4. The molecule has 2 aliphatic rings. The Kier molecular flexibility index (Phi) is 9.12. The largest absolute Gasteiger partial charge is 0.380 e. The third-order valence-electron chi connectivity index (χ3n) is 6.84. The number of benzene rings is 1. The minimum Gasteiger partial charge on any atom is -0.380 e. The van der Waals surface area contributed by atoms with E-state index in [4.69, 9.17) is 9.47 Å². The predicted octanol–water partition coefficient (Wildman–Crippen LogP) is 3.32. The maximum atomic E-state index is 13.1. The highest BCUT2D eigenvalue weighted by atomic mass is 32.1. The fourth-order valence-electron chi connectivity index (χ4n) is 4.55. The second kappa shape index (κ2) is 12.3. The molecule has 202 valence electrons. The summed E-state index contributed by atoms with van der Waals surface area (Å²) in [5.74, 6) is -0.738. The highest BCUT2D eigenvalue weighted by Crippen LogP contribution is 2.27. The van der Waals surface area contributed by atoms with Gasteiger partial charge in [-0.1, -0.05) is 6.07 Å². The van der Waals surface area contributed by atoms with Gasteiger partial charge in [0.2, 0.25) is 0 Å². The number of amides is 2. The van der Waals surface area contributed by atoms with Crippen molar-refractivity contribution < 1.29 is 23.5 Å². The van der Waals surface area contributed by atoms with Gasteiger partial charge in [-0.05, 0) is 44.4 Å². The molecule has 1 atom stereocenters. The molecule has 0 saturated carbocycles. The standard InChI is InChI=1S/C26H36FN5O4S/c1-26(2)17-36-12-11-32(26)14-18-5-6-21(20(13-18)23(33)28-9-4-8-27)29-24(34)22-16-37-25(30-22)31-10-7-19(15-31)35-3/h5-6,13,16,19H,4,7-12,14-15,17H2,1-3H3,(H,28,33)(H,29,34)/t19-/m0/s1. The highest BCUT2D eigenvalue weighted by molar-refractivity contribution is 7.14. The van der Waals surface area contributed by atoms with Crippen LogP contribution >= 0.6 is 11.3 Å². The van der Waals surface area contributed by atoms with E-state index < -0.39 is 6.67 Å². The third-order valence-corrected chi connectivity index (χ3v) is 7.74. The number of aromatic nitrogens is 1. The minimum atomic E-state index is -0.510. The van der Waals surface area contributed by atoms with Gasteiger partial charge in [0, 0.05) is 50.8 Å². The van der Waals surface area contributed by atoms with Gasteiger partial charge in [-0.2, -0.15) is 0 Å². The summed E-state index contributed by atoms with van der Waals surface area (Å²) in [5.41, 5.74) is 1.84. The quantitative estimate of drug-likeness (QED) is 0.453. The molecule has 2 aliphatic heterocycles. The zero-order chi connectivity index (χ0) is 26.4. The normalized spacial score (nSPS) is 19.7. The smallest absolute Gasteiger partial charge is 0.275 e. The second-order valence-corrected chi connectivity index (χ2v) is 10.9. The number of hydrogen-bond acceptors (Lipinski definition) is 8. The summed E-state index contributed by atoms with van der Waals surface area (Å²) in [5, 5.41) is 8.12. The van der Waals surface area contributed by atoms with E-state index in [1.165, 1.54) is 11.3 Å². The number of hydrogen-bond donors (Lipinski definition) is 2. The molecule has 0 radical (unpaired) electrons. The molecule has 0 spiro atoms. The molecule has 9 nitrogen and oxygen atoms in total. The van der Waals surface area contributed by atoms with Gasteiger partial charge >= 0.3 is 0 Å². The Morgan fingerprint density at radius 1 is 1.30 bits per heavy atom. The predicted molar refractivity (Wildman–Crippen MR) is 142 cm³/mol. The lowest BCUT2D eigenvalue weighted by Gasteiger charge is -2.42. The van der Waals surface area contributed by atoms with Gasteiger partial charge in [0.25, 0.3) is 11.8 Å². The zero-order valence-electron chi connectivity index (χ0n) is 21.7. The monoisotopic (exact) mass is 533 g/mol. The highest BCUT2D eigenvalue weighted by Gasteiger charge is 2.31. The van der Waals surface area contributed by atoms with Crippen molar-refractivity contribution in [1.29, 1.82) is 0 Å². The van der Waals surface area contributed by atoms with Crippen LogP contribution in [0, 0.1) is 0 Å². The van der Waals surface area contributed by atoms with Gasteiger partial charge in [-0.15, -0.1) is 11.3 Å². The molecule has 2 amide bonds. The molecule has 0 aliphatic carbocycles. The van der Waals surface area contributed by atoms with Crippen LogP contribution in [0.15, 0.2) is 23.6 Å². The summed E-state index contributed by atoms with van der Waals surface area (Å²) in [7, 11) is 1.70. The Bertz CT molecular complexity index is 1090. The molecular weight excluding hydrogens is 497 g/mol. The average Bonchev–Trinajstić information content (AvgIpc) is 3.56. The Morgan fingerprint density at radius 2 is 2.14 bits per heavy atom. The molecule has 11 heteroatoms. The number of alkyl halides is 1. The van der Waals surface area contributed by atoms with Crippen LogP contribution in [0.1, 0.15) is 53.1 Å². The SMILES string of the molecule is CO[C@H]1CCN(c2nc(C(=O)Nc3ccc(CN4CCOCC4(C)C)cc3C(=O)NCCCF)cs2)C1. The molecule has 1 aromatic carbocycles. The molecular formula is C26H36FN5O4S. The van der Waals surface area contributed by atoms with E-state index >= 15 is 0 Å². The first-order valence-electron chi connectivity index (χ1n) is 12.6. The molecule has 4 rings (SSSR count). The van der Waals surface area contributed by atoms with Crippen molar-refractivity contribution in [3.05, 3.63) is 40.4 Å². The lowest BCUT2D eigenvalue weighted by Crippen LogP contribution is -2.52. The number of methoxy groups -OCH3 is 1. The molecule has 3 heterocycles. The van der Waals surface area contributed by atoms with Gasteiger partial charge in [0.05, 0.1) is 37.2 Å². The Hall–Kier alpha value is -2.60. The van der Waals surface area contributed by atoms with Gasteiger partial charge < -0.3 is 25.0 Å². The Balaban J connectivity index is 1.51. The number of nitrogens with zero attached hydrogens (tertiary/aromatic N) is 3. The number of halogens is 1. The molecule has 37 heavy (non-hydrogen) atoms. The maximum absolute atomic E-state index is 13.1. The summed E-state index contributed by atoms with van der Waals surface area (Å²) >= 11 is 1.41. The van der Waals surface area contributed by atoms with Crippen LogP contribution in [0.2, 0.25) is 0 Å². The van der Waals surface area contributed by atoms with Crippen molar-refractivity contribution in [1.82, 2.24) is 15.2 Å². The van der Waals surface area contributed by atoms with Crippen LogP contribution in [0.5, 0.6) is 0 Å². The van der Waals surface area contributed by atoms with E-state index in [2.05, 4.69) is 39.3 Å². The summed E-state index contributed by atoms with van der Waals surface area (Å²) in [6.45, 7) is 8.27. The van der Waals surface area contributed by atoms with Crippen LogP contribution in [0.4, 0.5) is 15.2 Å². The molecule has 2 fully saturated rings. The van der Waals surface area contributed by atoms with Crippen LogP contribution in [-0.2, 0) is 16.0 Å². The molecule has 2 saturated heterocycles. The van der Waals surface area contributed by atoms with E-state index in [0.717, 1.165) is 36.8 Å². The maximum Gasteiger partial charge on any atom is 0.275 e. The van der Waals surface area contributed by atoms with Crippen LogP contribution in [-0.4, -0.2) is 86.5 Å². The van der Waals surface area contributed by atoms with Crippen molar-refractivity contribution in [3.8, 4) is 0 Å². The Morgan fingerprint density at radius 3 is 2.86 bits per heavy atom. The fraction of sp³-hybridized carbons (Fsp3) is 0.577. The van der Waals surface area contributed by atoms with E-state index in [-0.39, 0.29) is 36.4 Å². The molecule has 2 aromatic rings. The van der Waals surface area contributed by atoms with E-state index in [1.807, 2.05) is 6.07 Å². The molecule has 0 unspecified atom stereocenters. The zero-order valence-corrected chi connectivity index (χ0v) is 22.5. The van der Waals surface area contributed by atoms with Gasteiger partial charge in [0.15, 0.2) is 5.13 Å². The number of ether oxygens (including phenoxy) is 2. The lowest BCUT2D eigenvalue weighted by atomic mass is 10.00. The van der Waals surface area contributed by atoms with Gasteiger partial charge in [-0.3, -0.25) is 18.9 Å². The summed E-state index contributed by atoms with van der Waals surface area (Å²) < 4.78 is 23.6. The van der Waals surface area contributed by atoms with Crippen molar-refractivity contribution in [2.24, 2.45) is 0 Å². The van der Waals surface area contributed by atoms with Crippen LogP contribution in [0.25, 0.3) is 0 Å². The van der Waals surface area contributed by atoms with Crippen LogP contribution in [0.3, 0.4) is 0 Å². The molecule has 2 N–H and O–H groups in total. The number of morpholine rings is 1. The first-order chi connectivity index (χ1) is 17.8. The van der Waals surface area contributed by atoms with E-state index in [9.17, 15) is 14.0 Å². The average molecular weight is 534 g/mol. The minimum absolute atomic E-state index is 0.129. The van der Waals surface area contributed by atoms with E-state index in [1.54, 1.807) is 24.6 Å². The Labute approximate surface area is 221 Å². The number of carbonyl (C=O) groups is 2. The fourth-order valence-corrected chi connectivity index (χ4v) is 5.39. The third kappa shape index (κ3) is 6.84. The number of rotatable bonds is 10. The molecule has 1 aromatic heterocycles. The van der Waals surface area contributed by atoms with Gasteiger partial charge in [0.1, 0.15) is 5.69 Å². The topological polar surface area (TPSA) is 96.0 Å². The van der Waals surface area contributed by atoms with Crippen LogP contribution < -0.4 is 15.5 Å².